The highest BCUT2D eigenvalue weighted by Crippen LogP contribution is 2.40. The smallest absolute Gasteiger partial charge is 0.416 e. The van der Waals surface area contributed by atoms with Crippen LogP contribution in [0.25, 0.3) is 0 Å². The second-order valence-electron chi connectivity index (χ2n) is 5.35. The first-order chi connectivity index (χ1) is 12.1. The lowest BCUT2D eigenvalue weighted by molar-refractivity contribution is -0.139. The molecular formula is C16H15ClF3N3O3. The minimum absolute atomic E-state index is 0.0313. The van der Waals surface area contributed by atoms with Gasteiger partial charge in [0.15, 0.2) is 6.10 Å². The molecule has 0 fully saturated rings. The van der Waals surface area contributed by atoms with Gasteiger partial charge < -0.3 is 14.4 Å². The van der Waals surface area contributed by atoms with Crippen molar-refractivity contribution in [3.63, 3.8) is 0 Å². The Kier molecular flexibility index (Phi) is 5.91. The molecule has 1 heterocycles. The number of methoxy groups -OCH3 is 1. The highest BCUT2D eigenvalue weighted by atomic mass is 35.5. The predicted octanol–water partition coefficient (Wildman–Crippen LogP) is 3.95. The first-order valence-corrected chi connectivity index (χ1v) is 7.63. The van der Waals surface area contributed by atoms with Crippen molar-refractivity contribution in [3.8, 4) is 5.88 Å². The molecule has 10 heteroatoms. The van der Waals surface area contributed by atoms with E-state index in [-0.39, 0.29) is 22.3 Å². The molecule has 1 aromatic heterocycles. The van der Waals surface area contributed by atoms with E-state index < -0.39 is 23.9 Å². The highest BCUT2D eigenvalue weighted by molar-refractivity contribution is 6.28. The molecule has 1 amide bonds. The van der Waals surface area contributed by atoms with E-state index >= 15 is 0 Å². The fourth-order valence-electron chi connectivity index (χ4n) is 2.18. The highest BCUT2D eigenvalue weighted by Gasteiger charge is 2.37. The fourth-order valence-corrected chi connectivity index (χ4v) is 2.31. The standard InChI is InChI=1S/C16H15ClF3N3O3/c1-23(2)15(24)26-12(10-8-21-14(17)22-13(10)25-3)9-6-4-5-7-11(9)16(18,19)20/h4-8,12H,1-3H3. The Hall–Kier alpha value is -2.55. The van der Waals surface area contributed by atoms with Crippen LogP contribution in [0.2, 0.25) is 5.28 Å². The van der Waals surface area contributed by atoms with E-state index in [1.165, 1.54) is 39.4 Å². The summed E-state index contributed by atoms with van der Waals surface area (Å²) in [6.07, 6.45) is -5.78. The van der Waals surface area contributed by atoms with Gasteiger partial charge in [0.05, 0.1) is 18.2 Å². The molecule has 1 atom stereocenters. The summed E-state index contributed by atoms with van der Waals surface area (Å²) in [5.74, 6) is -0.0986. The Morgan fingerprint density at radius 3 is 2.46 bits per heavy atom. The number of nitrogens with zero attached hydrogens (tertiary/aromatic N) is 3. The van der Waals surface area contributed by atoms with Crippen LogP contribution in [0, 0.1) is 0 Å². The van der Waals surface area contributed by atoms with Gasteiger partial charge in [0.25, 0.3) is 0 Å². The monoisotopic (exact) mass is 389 g/mol. The molecule has 0 saturated heterocycles. The largest absolute Gasteiger partial charge is 0.481 e. The summed E-state index contributed by atoms with van der Waals surface area (Å²) < 4.78 is 50.7. The Bertz CT molecular complexity index is 800. The van der Waals surface area contributed by atoms with Crippen molar-refractivity contribution in [3.05, 3.63) is 52.4 Å². The maximum absolute atomic E-state index is 13.4. The summed E-state index contributed by atoms with van der Waals surface area (Å²) in [6, 6.07) is 4.76. The molecule has 1 aromatic carbocycles. The van der Waals surface area contributed by atoms with Gasteiger partial charge in [-0.05, 0) is 17.7 Å². The van der Waals surface area contributed by atoms with Crippen LogP contribution in [0.3, 0.4) is 0 Å². The molecule has 0 N–H and O–H groups in total. The van der Waals surface area contributed by atoms with Crippen molar-refractivity contribution >= 4 is 17.7 Å². The van der Waals surface area contributed by atoms with E-state index in [0.29, 0.717) is 0 Å². The van der Waals surface area contributed by atoms with Crippen molar-refractivity contribution in [1.82, 2.24) is 14.9 Å². The zero-order valence-corrected chi connectivity index (χ0v) is 14.8. The molecule has 0 aliphatic carbocycles. The number of ether oxygens (including phenoxy) is 2. The lowest BCUT2D eigenvalue weighted by Crippen LogP contribution is -2.26. The van der Waals surface area contributed by atoms with Gasteiger partial charge in [-0.1, -0.05) is 18.2 Å². The van der Waals surface area contributed by atoms with Crippen LogP contribution in [-0.2, 0) is 10.9 Å². The number of amides is 1. The Morgan fingerprint density at radius 2 is 1.88 bits per heavy atom. The SMILES string of the molecule is COc1nc(Cl)ncc1C(OC(=O)N(C)C)c1ccccc1C(F)(F)F. The quantitative estimate of drug-likeness (QED) is 0.741. The van der Waals surface area contributed by atoms with Crippen LogP contribution >= 0.6 is 11.6 Å². The average molecular weight is 390 g/mol. The van der Waals surface area contributed by atoms with Crippen molar-refractivity contribution in [1.29, 1.82) is 0 Å². The van der Waals surface area contributed by atoms with Gasteiger partial charge in [-0.2, -0.15) is 18.2 Å². The molecule has 0 aliphatic heterocycles. The summed E-state index contributed by atoms with van der Waals surface area (Å²) >= 11 is 5.71. The summed E-state index contributed by atoms with van der Waals surface area (Å²) in [6.45, 7) is 0. The van der Waals surface area contributed by atoms with Crippen LogP contribution < -0.4 is 4.74 Å². The van der Waals surface area contributed by atoms with Crippen LogP contribution in [0.1, 0.15) is 22.8 Å². The maximum atomic E-state index is 13.4. The lowest BCUT2D eigenvalue weighted by Gasteiger charge is -2.24. The van der Waals surface area contributed by atoms with Crippen molar-refractivity contribution < 1.29 is 27.4 Å². The summed E-state index contributed by atoms with van der Waals surface area (Å²) in [4.78, 5) is 20.7. The minimum atomic E-state index is -4.65. The van der Waals surface area contributed by atoms with Crippen LogP contribution in [-0.4, -0.2) is 42.2 Å². The van der Waals surface area contributed by atoms with E-state index in [1.807, 2.05) is 0 Å². The van der Waals surface area contributed by atoms with Gasteiger partial charge >= 0.3 is 12.3 Å². The molecule has 0 aliphatic rings. The van der Waals surface area contributed by atoms with E-state index in [2.05, 4.69) is 9.97 Å². The number of aromatic nitrogens is 2. The number of hydrogen-bond donors (Lipinski definition) is 0. The predicted molar refractivity (Wildman–Crippen MR) is 87.0 cm³/mol. The number of halogens is 4. The number of alkyl halides is 3. The zero-order chi connectivity index (χ0) is 19.5. The van der Waals surface area contributed by atoms with Gasteiger partial charge in [-0.15, -0.1) is 0 Å². The third kappa shape index (κ3) is 4.34. The second kappa shape index (κ2) is 7.77. The molecule has 1 unspecified atom stereocenters. The number of benzene rings is 1. The Balaban J connectivity index is 2.66. The van der Waals surface area contributed by atoms with Gasteiger partial charge in [0.1, 0.15) is 0 Å². The molecule has 140 valence electrons. The molecule has 2 aromatic rings. The third-order valence-electron chi connectivity index (χ3n) is 3.36. The normalized spacial score (nSPS) is 12.4. The number of carbonyl (C=O) groups is 1. The maximum Gasteiger partial charge on any atom is 0.416 e. The van der Waals surface area contributed by atoms with Crippen molar-refractivity contribution in [2.24, 2.45) is 0 Å². The van der Waals surface area contributed by atoms with E-state index in [0.717, 1.165) is 17.2 Å². The van der Waals surface area contributed by atoms with Crippen molar-refractivity contribution in [2.75, 3.05) is 21.2 Å². The number of carbonyl (C=O) groups excluding carboxylic acids is 1. The average Bonchev–Trinajstić information content (AvgIpc) is 2.58. The summed E-state index contributed by atoms with van der Waals surface area (Å²) in [7, 11) is 4.08. The van der Waals surface area contributed by atoms with Gasteiger partial charge in [-0.3, -0.25) is 0 Å². The Morgan fingerprint density at radius 1 is 1.23 bits per heavy atom. The molecule has 2 rings (SSSR count). The fraction of sp³-hybridized carbons (Fsp3) is 0.312. The molecule has 26 heavy (non-hydrogen) atoms. The number of rotatable bonds is 4. The Labute approximate surface area is 152 Å². The van der Waals surface area contributed by atoms with E-state index in [9.17, 15) is 18.0 Å². The first kappa shape index (κ1) is 19.8. The van der Waals surface area contributed by atoms with Crippen LogP contribution in [0.15, 0.2) is 30.5 Å². The van der Waals surface area contributed by atoms with Gasteiger partial charge in [0.2, 0.25) is 11.2 Å². The van der Waals surface area contributed by atoms with E-state index in [1.54, 1.807) is 0 Å². The lowest BCUT2D eigenvalue weighted by atomic mass is 9.97. The second-order valence-corrected chi connectivity index (χ2v) is 5.68. The molecular weight excluding hydrogens is 375 g/mol. The zero-order valence-electron chi connectivity index (χ0n) is 14.0. The van der Waals surface area contributed by atoms with Crippen LogP contribution in [0.5, 0.6) is 5.88 Å². The van der Waals surface area contributed by atoms with Gasteiger partial charge in [-0.25, -0.2) is 9.78 Å². The minimum Gasteiger partial charge on any atom is -0.481 e. The molecule has 0 spiro atoms. The third-order valence-corrected chi connectivity index (χ3v) is 3.54. The molecule has 0 bridgehead atoms. The topological polar surface area (TPSA) is 64.6 Å². The first-order valence-electron chi connectivity index (χ1n) is 7.25. The molecule has 0 saturated carbocycles. The van der Waals surface area contributed by atoms with Crippen molar-refractivity contribution in [2.45, 2.75) is 12.3 Å². The van der Waals surface area contributed by atoms with E-state index in [4.69, 9.17) is 21.1 Å². The van der Waals surface area contributed by atoms with Crippen LogP contribution in [0.4, 0.5) is 18.0 Å². The van der Waals surface area contributed by atoms with Gasteiger partial charge in [0, 0.05) is 25.9 Å². The molecule has 0 radical (unpaired) electrons. The summed E-state index contributed by atoms with van der Waals surface area (Å²) in [5, 5.41) is -0.160. The summed E-state index contributed by atoms with van der Waals surface area (Å²) in [5.41, 5.74) is -1.20. The number of hydrogen-bond acceptors (Lipinski definition) is 5. The molecule has 6 nitrogen and oxygen atoms in total.